The molecule has 1 heterocycles. The lowest BCUT2D eigenvalue weighted by Crippen LogP contribution is -2.33. The zero-order chi connectivity index (χ0) is 19.9. The molecule has 5 heteroatoms. The second-order valence-electron chi connectivity index (χ2n) is 7.34. The van der Waals surface area contributed by atoms with E-state index >= 15 is 0 Å². The van der Waals surface area contributed by atoms with Crippen LogP contribution in [0.4, 0.5) is 5.82 Å². The molecule has 3 rings (SSSR count). The highest BCUT2D eigenvalue weighted by Crippen LogP contribution is 2.31. The van der Waals surface area contributed by atoms with Crippen molar-refractivity contribution in [2.75, 3.05) is 18.9 Å². The van der Waals surface area contributed by atoms with Crippen LogP contribution in [0.5, 0.6) is 0 Å². The van der Waals surface area contributed by atoms with Gasteiger partial charge in [-0.1, -0.05) is 67.8 Å². The topological polar surface area (TPSA) is 49.8 Å². The van der Waals surface area contributed by atoms with Crippen molar-refractivity contribution >= 4 is 28.2 Å². The van der Waals surface area contributed by atoms with Crippen molar-refractivity contribution in [2.24, 2.45) is 5.92 Å². The predicted molar refractivity (Wildman–Crippen MR) is 120 cm³/mol. The molecule has 0 aliphatic heterocycles. The van der Waals surface area contributed by atoms with Crippen LogP contribution in [0.1, 0.15) is 33.1 Å². The third-order valence-corrected chi connectivity index (χ3v) is 5.52. The van der Waals surface area contributed by atoms with Gasteiger partial charge in [0.15, 0.2) is 5.82 Å². The van der Waals surface area contributed by atoms with E-state index in [4.69, 9.17) is 11.6 Å². The smallest absolute Gasteiger partial charge is 0.156 e. The second-order valence-corrected chi connectivity index (χ2v) is 7.78. The highest BCUT2D eigenvalue weighted by molar-refractivity contribution is 6.30. The summed E-state index contributed by atoms with van der Waals surface area (Å²) in [7, 11) is 2.02. The summed E-state index contributed by atoms with van der Waals surface area (Å²) in [5.74, 6) is 1.39. The Morgan fingerprint density at radius 1 is 1.00 bits per heavy atom. The molecular weight excluding hydrogens is 368 g/mol. The molecule has 0 fully saturated rings. The lowest BCUT2D eigenvalue weighted by atomic mass is 9.94. The number of hydrogen-bond donors (Lipinski definition) is 2. The molecule has 2 N–H and O–H groups in total. The summed E-state index contributed by atoms with van der Waals surface area (Å²) in [6, 6.07) is 16.4. The molecule has 0 radical (unpaired) electrons. The van der Waals surface area contributed by atoms with Gasteiger partial charge in [-0.15, -0.1) is 10.2 Å². The lowest BCUT2D eigenvalue weighted by molar-refractivity contribution is 0.403. The number of nitrogens with one attached hydrogen (secondary N) is 2. The monoisotopic (exact) mass is 396 g/mol. The molecule has 4 nitrogen and oxygen atoms in total. The van der Waals surface area contributed by atoms with Gasteiger partial charge in [-0.05, 0) is 45.0 Å². The van der Waals surface area contributed by atoms with Gasteiger partial charge < -0.3 is 10.6 Å². The van der Waals surface area contributed by atoms with Crippen LogP contribution in [0, 0.1) is 5.92 Å². The molecule has 0 spiro atoms. The van der Waals surface area contributed by atoms with E-state index in [0.29, 0.717) is 12.0 Å². The van der Waals surface area contributed by atoms with E-state index in [1.807, 2.05) is 43.4 Å². The van der Waals surface area contributed by atoms with Gasteiger partial charge in [0.05, 0.1) is 0 Å². The molecule has 28 heavy (non-hydrogen) atoms. The van der Waals surface area contributed by atoms with Crippen molar-refractivity contribution in [1.29, 1.82) is 0 Å². The predicted octanol–water partition coefficient (Wildman–Crippen LogP) is 5.78. The highest BCUT2D eigenvalue weighted by atomic mass is 35.5. The van der Waals surface area contributed by atoms with Crippen LogP contribution in [0.15, 0.2) is 48.5 Å². The summed E-state index contributed by atoms with van der Waals surface area (Å²) < 4.78 is 0. The van der Waals surface area contributed by atoms with Crippen LogP contribution in [-0.4, -0.2) is 29.8 Å². The van der Waals surface area contributed by atoms with E-state index in [9.17, 15) is 0 Å². The number of halogens is 1. The van der Waals surface area contributed by atoms with E-state index in [-0.39, 0.29) is 0 Å². The Labute approximate surface area is 172 Å². The first-order valence-corrected chi connectivity index (χ1v) is 10.4. The summed E-state index contributed by atoms with van der Waals surface area (Å²) in [6.07, 6.45) is 3.64. The minimum absolute atomic E-state index is 0.304. The zero-order valence-electron chi connectivity index (χ0n) is 16.9. The Morgan fingerprint density at radius 2 is 1.71 bits per heavy atom. The van der Waals surface area contributed by atoms with Gasteiger partial charge in [-0.2, -0.15) is 0 Å². The van der Waals surface area contributed by atoms with Gasteiger partial charge in [0.1, 0.15) is 5.69 Å². The Bertz CT molecular complexity index is 895. The molecule has 2 aromatic carbocycles. The fraction of sp³-hybridized carbons (Fsp3) is 0.391. The third kappa shape index (κ3) is 4.81. The number of rotatable bonds is 9. The average molecular weight is 397 g/mol. The van der Waals surface area contributed by atoms with Crippen molar-refractivity contribution in [1.82, 2.24) is 15.5 Å². The molecule has 0 aliphatic rings. The number of benzene rings is 2. The maximum absolute atomic E-state index is 6.04. The Kier molecular flexibility index (Phi) is 7.24. The van der Waals surface area contributed by atoms with Crippen LogP contribution < -0.4 is 10.6 Å². The number of hydrogen-bond acceptors (Lipinski definition) is 4. The van der Waals surface area contributed by atoms with Crippen LogP contribution >= 0.6 is 11.6 Å². The van der Waals surface area contributed by atoms with Crippen molar-refractivity contribution in [3.8, 4) is 11.3 Å². The molecular formula is C23H29ClN4. The molecule has 148 valence electrons. The SMILES string of the molecule is CCCCC(CNC)C(C)Nc1nnc(-c2ccc(Cl)cc2)c2ccccc12. The summed E-state index contributed by atoms with van der Waals surface area (Å²) in [5.41, 5.74) is 1.90. The third-order valence-electron chi connectivity index (χ3n) is 5.27. The number of aromatic nitrogens is 2. The Balaban J connectivity index is 1.92. The molecule has 0 saturated heterocycles. The molecule has 2 unspecified atom stereocenters. The first kappa shape index (κ1) is 20.6. The minimum atomic E-state index is 0.304. The molecule has 2 atom stereocenters. The van der Waals surface area contributed by atoms with Crippen molar-refractivity contribution in [2.45, 2.75) is 39.2 Å². The number of anilines is 1. The first-order chi connectivity index (χ1) is 13.6. The Hall–Kier alpha value is -2.17. The van der Waals surface area contributed by atoms with Gasteiger partial charge >= 0.3 is 0 Å². The van der Waals surface area contributed by atoms with E-state index < -0.39 is 0 Å². The number of nitrogens with zero attached hydrogens (tertiary/aromatic N) is 2. The minimum Gasteiger partial charge on any atom is -0.365 e. The van der Waals surface area contributed by atoms with Crippen molar-refractivity contribution in [3.05, 3.63) is 53.6 Å². The standard InChI is InChI=1S/C23H29ClN4/c1-4-5-8-18(15-25-3)16(2)26-23-21-10-7-6-9-20(21)22(27-28-23)17-11-13-19(24)14-12-17/h6-7,9-14,16,18,25H,4-5,8,15H2,1-3H3,(H,26,28). The summed E-state index contributed by atoms with van der Waals surface area (Å²) >= 11 is 6.04. The highest BCUT2D eigenvalue weighted by Gasteiger charge is 2.18. The fourth-order valence-electron chi connectivity index (χ4n) is 3.62. The van der Waals surface area contributed by atoms with Gasteiger partial charge in [-0.3, -0.25) is 0 Å². The first-order valence-electron chi connectivity index (χ1n) is 10.1. The van der Waals surface area contributed by atoms with Gasteiger partial charge in [-0.25, -0.2) is 0 Å². The van der Waals surface area contributed by atoms with Crippen molar-refractivity contribution < 1.29 is 0 Å². The lowest BCUT2D eigenvalue weighted by Gasteiger charge is -2.25. The van der Waals surface area contributed by atoms with E-state index in [1.54, 1.807) is 0 Å². The molecule has 0 amide bonds. The van der Waals surface area contributed by atoms with Gasteiger partial charge in [0.2, 0.25) is 0 Å². The van der Waals surface area contributed by atoms with E-state index in [0.717, 1.165) is 39.4 Å². The van der Waals surface area contributed by atoms with Gasteiger partial charge in [0, 0.05) is 27.4 Å². The maximum Gasteiger partial charge on any atom is 0.156 e. The molecule has 1 aromatic heterocycles. The van der Waals surface area contributed by atoms with Crippen LogP contribution in [0.3, 0.4) is 0 Å². The quantitative estimate of drug-likeness (QED) is 0.481. The maximum atomic E-state index is 6.04. The summed E-state index contributed by atoms with van der Waals surface area (Å²) in [5, 5.41) is 19.0. The molecule has 0 bridgehead atoms. The summed E-state index contributed by atoms with van der Waals surface area (Å²) in [4.78, 5) is 0. The number of unbranched alkanes of at least 4 members (excludes halogenated alkanes) is 1. The normalized spacial score (nSPS) is 13.4. The zero-order valence-corrected chi connectivity index (χ0v) is 17.6. The van der Waals surface area contributed by atoms with Crippen LogP contribution in [-0.2, 0) is 0 Å². The molecule has 3 aromatic rings. The summed E-state index contributed by atoms with van der Waals surface area (Å²) in [6.45, 7) is 5.46. The van der Waals surface area contributed by atoms with E-state index in [2.05, 4.69) is 46.8 Å². The average Bonchev–Trinajstić information content (AvgIpc) is 2.72. The molecule has 0 saturated carbocycles. The van der Waals surface area contributed by atoms with Gasteiger partial charge in [0.25, 0.3) is 0 Å². The van der Waals surface area contributed by atoms with Crippen LogP contribution in [0.2, 0.25) is 5.02 Å². The second kappa shape index (κ2) is 9.85. The molecule has 0 aliphatic carbocycles. The Morgan fingerprint density at radius 3 is 2.39 bits per heavy atom. The van der Waals surface area contributed by atoms with Crippen LogP contribution in [0.25, 0.3) is 22.0 Å². The van der Waals surface area contributed by atoms with E-state index in [1.165, 1.54) is 19.3 Å². The largest absolute Gasteiger partial charge is 0.365 e. The van der Waals surface area contributed by atoms with Crippen molar-refractivity contribution in [3.63, 3.8) is 0 Å². The fourth-order valence-corrected chi connectivity index (χ4v) is 3.75. The number of fused-ring (bicyclic) bond motifs is 1.